The molecule has 0 atom stereocenters. The largest absolute Gasteiger partial charge is 0.492 e. The maximum atomic E-state index is 10.8. The van der Waals surface area contributed by atoms with Gasteiger partial charge in [0.25, 0.3) is 0 Å². The third kappa shape index (κ3) is 5.75. The molecule has 1 fully saturated rings. The van der Waals surface area contributed by atoms with E-state index >= 15 is 0 Å². The molecule has 23 heavy (non-hydrogen) atoms. The number of nitrogens with two attached hydrogens (primary N) is 1. The molecule has 1 aliphatic rings. The SMILES string of the molecule is CCOc1cc(C)ccc1NC1CCN(CCCC(N)=O)CC1. The number of ether oxygens (including phenoxy) is 1. The molecule has 0 bridgehead atoms. The van der Waals surface area contributed by atoms with E-state index in [4.69, 9.17) is 10.5 Å². The van der Waals surface area contributed by atoms with Gasteiger partial charge in [0.15, 0.2) is 0 Å². The Hall–Kier alpha value is -1.75. The van der Waals surface area contributed by atoms with Crippen molar-refractivity contribution < 1.29 is 9.53 Å². The van der Waals surface area contributed by atoms with Crippen LogP contribution in [0.2, 0.25) is 0 Å². The molecule has 0 aliphatic carbocycles. The average molecular weight is 319 g/mol. The van der Waals surface area contributed by atoms with Gasteiger partial charge >= 0.3 is 0 Å². The molecule has 0 saturated carbocycles. The Morgan fingerprint density at radius 2 is 2.13 bits per heavy atom. The lowest BCUT2D eigenvalue weighted by Crippen LogP contribution is -2.39. The molecule has 1 aromatic rings. The first kappa shape index (κ1) is 17.6. The normalized spacial score (nSPS) is 16.3. The van der Waals surface area contributed by atoms with Crippen molar-refractivity contribution in [1.82, 2.24) is 4.90 Å². The standard InChI is InChI=1S/C18H29N3O2/c1-3-23-17-13-14(2)6-7-16(17)20-15-8-11-21(12-9-15)10-4-5-18(19)22/h6-7,13,15,20H,3-5,8-12H2,1-2H3,(H2,19,22). The molecule has 0 unspecified atom stereocenters. The van der Waals surface area contributed by atoms with Gasteiger partial charge in [-0.3, -0.25) is 4.79 Å². The molecule has 5 nitrogen and oxygen atoms in total. The molecular formula is C18H29N3O2. The molecule has 1 aromatic carbocycles. The van der Waals surface area contributed by atoms with E-state index in [-0.39, 0.29) is 5.91 Å². The number of carbonyl (C=O) groups excluding carboxylic acids is 1. The Bertz CT molecular complexity index is 511. The van der Waals surface area contributed by atoms with E-state index in [1.807, 2.05) is 6.92 Å². The van der Waals surface area contributed by atoms with Crippen molar-refractivity contribution in [3.8, 4) is 5.75 Å². The Balaban J connectivity index is 1.81. The van der Waals surface area contributed by atoms with Crippen LogP contribution in [0.15, 0.2) is 18.2 Å². The maximum Gasteiger partial charge on any atom is 0.217 e. The van der Waals surface area contributed by atoms with Gasteiger partial charge in [0.05, 0.1) is 12.3 Å². The fourth-order valence-electron chi connectivity index (χ4n) is 3.02. The fourth-order valence-corrected chi connectivity index (χ4v) is 3.02. The number of nitrogens with zero attached hydrogens (tertiary/aromatic N) is 1. The first-order valence-electron chi connectivity index (χ1n) is 8.59. The lowest BCUT2D eigenvalue weighted by atomic mass is 10.0. The summed E-state index contributed by atoms with van der Waals surface area (Å²) in [6.45, 7) is 7.85. The third-order valence-electron chi connectivity index (χ3n) is 4.28. The van der Waals surface area contributed by atoms with Gasteiger partial charge in [-0.1, -0.05) is 6.07 Å². The highest BCUT2D eigenvalue weighted by atomic mass is 16.5. The summed E-state index contributed by atoms with van der Waals surface area (Å²) < 4.78 is 5.74. The number of rotatable bonds is 8. The van der Waals surface area contributed by atoms with Crippen molar-refractivity contribution in [2.24, 2.45) is 5.73 Å². The molecule has 1 heterocycles. The van der Waals surface area contributed by atoms with Gasteiger partial charge in [0.2, 0.25) is 5.91 Å². The highest BCUT2D eigenvalue weighted by Gasteiger charge is 2.19. The minimum absolute atomic E-state index is 0.204. The predicted molar refractivity (Wildman–Crippen MR) is 93.9 cm³/mol. The average Bonchev–Trinajstić information content (AvgIpc) is 2.51. The zero-order valence-corrected chi connectivity index (χ0v) is 14.3. The monoisotopic (exact) mass is 319 g/mol. The summed E-state index contributed by atoms with van der Waals surface area (Å²) in [6.07, 6.45) is 3.56. The van der Waals surface area contributed by atoms with E-state index in [1.165, 1.54) is 5.56 Å². The van der Waals surface area contributed by atoms with Crippen molar-refractivity contribution in [3.63, 3.8) is 0 Å². The van der Waals surface area contributed by atoms with Crippen LogP contribution >= 0.6 is 0 Å². The van der Waals surface area contributed by atoms with Crippen LogP contribution in [0.4, 0.5) is 5.69 Å². The number of hydrogen-bond acceptors (Lipinski definition) is 4. The van der Waals surface area contributed by atoms with E-state index in [2.05, 4.69) is 35.3 Å². The van der Waals surface area contributed by atoms with E-state index < -0.39 is 0 Å². The quantitative estimate of drug-likeness (QED) is 0.773. The van der Waals surface area contributed by atoms with Gasteiger partial charge in [-0.25, -0.2) is 0 Å². The number of nitrogens with one attached hydrogen (secondary N) is 1. The van der Waals surface area contributed by atoms with Crippen LogP contribution in [0.3, 0.4) is 0 Å². The number of amides is 1. The first-order chi connectivity index (χ1) is 11.1. The van der Waals surface area contributed by atoms with Crippen molar-refractivity contribution in [2.45, 2.75) is 45.6 Å². The summed E-state index contributed by atoms with van der Waals surface area (Å²) in [4.78, 5) is 13.2. The van der Waals surface area contributed by atoms with Crippen LogP contribution in [0.5, 0.6) is 5.75 Å². The number of primary amides is 1. The van der Waals surface area contributed by atoms with Crippen LogP contribution in [-0.4, -0.2) is 43.1 Å². The molecule has 0 aromatic heterocycles. The minimum Gasteiger partial charge on any atom is -0.492 e. The van der Waals surface area contributed by atoms with Gasteiger partial charge in [0, 0.05) is 25.6 Å². The molecule has 3 N–H and O–H groups in total. The number of anilines is 1. The molecule has 128 valence electrons. The van der Waals surface area contributed by atoms with E-state index in [1.54, 1.807) is 0 Å². The number of carbonyl (C=O) groups is 1. The molecule has 0 spiro atoms. The highest BCUT2D eigenvalue weighted by Crippen LogP contribution is 2.28. The summed E-state index contributed by atoms with van der Waals surface area (Å²) in [7, 11) is 0. The molecule has 2 rings (SSSR count). The van der Waals surface area contributed by atoms with Gasteiger partial charge in [-0.05, 0) is 57.4 Å². The van der Waals surface area contributed by atoms with Gasteiger partial charge < -0.3 is 20.7 Å². The topological polar surface area (TPSA) is 67.6 Å². The Labute approximate surface area is 139 Å². The van der Waals surface area contributed by atoms with Crippen LogP contribution in [0, 0.1) is 6.92 Å². The lowest BCUT2D eigenvalue weighted by molar-refractivity contribution is -0.118. The summed E-state index contributed by atoms with van der Waals surface area (Å²) >= 11 is 0. The summed E-state index contributed by atoms with van der Waals surface area (Å²) in [5, 5.41) is 3.63. The molecule has 0 radical (unpaired) electrons. The Kier molecular flexibility index (Phi) is 6.71. The van der Waals surface area contributed by atoms with Crippen molar-refractivity contribution in [1.29, 1.82) is 0 Å². The summed E-state index contributed by atoms with van der Waals surface area (Å²) in [5.74, 6) is 0.737. The smallest absolute Gasteiger partial charge is 0.217 e. The minimum atomic E-state index is -0.204. The zero-order chi connectivity index (χ0) is 16.7. The Morgan fingerprint density at radius 1 is 1.39 bits per heavy atom. The summed E-state index contributed by atoms with van der Waals surface area (Å²) in [6, 6.07) is 6.79. The van der Waals surface area contributed by atoms with E-state index in [0.29, 0.717) is 19.1 Å². The molecule has 5 heteroatoms. The number of benzene rings is 1. The molecular weight excluding hydrogens is 290 g/mol. The lowest BCUT2D eigenvalue weighted by Gasteiger charge is -2.33. The molecule has 1 saturated heterocycles. The maximum absolute atomic E-state index is 10.8. The fraction of sp³-hybridized carbons (Fsp3) is 0.611. The molecule has 1 aliphatic heterocycles. The summed E-state index contributed by atoms with van der Waals surface area (Å²) in [5.41, 5.74) is 7.49. The van der Waals surface area contributed by atoms with Crippen LogP contribution in [0.25, 0.3) is 0 Å². The van der Waals surface area contributed by atoms with Gasteiger partial charge in [0.1, 0.15) is 5.75 Å². The second kappa shape index (κ2) is 8.77. The van der Waals surface area contributed by atoms with Crippen molar-refractivity contribution in [2.75, 3.05) is 31.6 Å². The van der Waals surface area contributed by atoms with Gasteiger partial charge in [-0.2, -0.15) is 0 Å². The highest BCUT2D eigenvalue weighted by molar-refractivity contribution is 5.73. The predicted octanol–water partition coefficient (Wildman–Crippen LogP) is 2.54. The number of piperidine rings is 1. The number of aryl methyl sites for hydroxylation is 1. The van der Waals surface area contributed by atoms with Crippen LogP contribution in [-0.2, 0) is 4.79 Å². The zero-order valence-electron chi connectivity index (χ0n) is 14.3. The van der Waals surface area contributed by atoms with Gasteiger partial charge in [-0.15, -0.1) is 0 Å². The van der Waals surface area contributed by atoms with Crippen LogP contribution in [0.1, 0.15) is 38.2 Å². The third-order valence-corrected chi connectivity index (χ3v) is 4.28. The van der Waals surface area contributed by atoms with Crippen molar-refractivity contribution in [3.05, 3.63) is 23.8 Å². The number of likely N-dealkylation sites (tertiary alicyclic amines) is 1. The first-order valence-corrected chi connectivity index (χ1v) is 8.59. The molecule has 1 amide bonds. The van der Waals surface area contributed by atoms with Crippen molar-refractivity contribution >= 4 is 11.6 Å². The Morgan fingerprint density at radius 3 is 2.78 bits per heavy atom. The van der Waals surface area contributed by atoms with E-state index in [9.17, 15) is 4.79 Å². The second-order valence-corrected chi connectivity index (χ2v) is 6.26. The van der Waals surface area contributed by atoms with E-state index in [0.717, 1.165) is 50.3 Å². The number of hydrogen-bond donors (Lipinski definition) is 2. The van der Waals surface area contributed by atoms with Crippen LogP contribution < -0.4 is 15.8 Å². The second-order valence-electron chi connectivity index (χ2n) is 6.26.